The summed E-state index contributed by atoms with van der Waals surface area (Å²) < 4.78 is 42.2. The maximum absolute atomic E-state index is 12.4. The number of hydrogen-bond acceptors (Lipinski definition) is 4. The van der Waals surface area contributed by atoms with E-state index in [4.69, 9.17) is 0 Å². The summed E-state index contributed by atoms with van der Waals surface area (Å²) in [6.45, 7) is 6.50. The molecule has 0 atom stereocenters. The zero-order valence-corrected chi connectivity index (χ0v) is 16.2. The van der Waals surface area contributed by atoms with Crippen LogP contribution in [0.5, 0.6) is 5.75 Å². The predicted octanol–water partition coefficient (Wildman–Crippen LogP) is 7.78. The lowest BCUT2D eigenvalue weighted by atomic mass is 10.0. The third-order valence-corrected chi connectivity index (χ3v) is 6.34. The van der Waals surface area contributed by atoms with Crippen LogP contribution in [0.4, 0.5) is 13.2 Å². The summed E-state index contributed by atoms with van der Waals surface area (Å²) in [6.07, 6.45) is -3.69. The molecule has 3 rings (SSSR count). The number of hydrogen-bond donors (Lipinski definition) is 0. The number of thioether (sulfide) groups is 1. The number of aromatic nitrogens is 1. The molecule has 0 N–H and O–H groups in total. The molecule has 1 aromatic heterocycles. The first-order valence-electron chi connectivity index (χ1n) is 8.10. The van der Waals surface area contributed by atoms with Crippen molar-refractivity contribution in [1.82, 2.24) is 4.98 Å². The van der Waals surface area contributed by atoms with E-state index in [1.807, 2.05) is 12.1 Å². The van der Waals surface area contributed by atoms with Gasteiger partial charge in [0.25, 0.3) is 0 Å². The van der Waals surface area contributed by atoms with Crippen molar-refractivity contribution >= 4 is 33.3 Å². The molecule has 7 heteroatoms. The van der Waals surface area contributed by atoms with Crippen molar-refractivity contribution in [3.8, 4) is 16.9 Å². The second kappa shape index (κ2) is 8.10. The topological polar surface area (TPSA) is 22.1 Å². The summed E-state index contributed by atoms with van der Waals surface area (Å²) >= 11 is 3.30. The van der Waals surface area contributed by atoms with Crippen molar-refractivity contribution in [2.75, 3.05) is 0 Å². The van der Waals surface area contributed by atoms with Gasteiger partial charge >= 0.3 is 6.36 Å². The molecule has 27 heavy (non-hydrogen) atoms. The number of ether oxygens (including phenoxy) is 1. The van der Waals surface area contributed by atoms with E-state index >= 15 is 0 Å². The first kappa shape index (κ1) is 21.6. The van der Waals surface area contributed by atoms with E-state index in [1.54, 1.807) is 29.4 Å². The van der Waals surface area contributed by atoms with Crippen LogP contribution in [0.1, 0.15) is 34.6 Å². The Balaban J connectivity index is 0.00000261. The van der Waals surface area contributed by atoms with Gasteiger partial charge in [0.05, 0.1) is 15.7 Å². The Kier molecular flexibility index (Phi) is 6.47. The summed E-state index contributed by atoms with van der Waals surface area (Å²) in [6, 6.07) is 10.1. The third-order valence-electron chi connectivity index (χ3n) is 4.08. The van der Waals surface area contributed by atoms with Crippen LogP contribution in [-0.4, -0.2) is 16.1 Å². The van der Waals surface area contributed by atoms with Gasteiger partial charge in [-0.15, -0.1) is 36.3 Å². The summed E-state index contributed by atoms with van der Waals surface area (Å²) in [5.41, 5.74) is 4.53. The largest absolute Gasteiger partial charge is 0.573 e. The van der Waals surface area contributed by atoms with Gasteiger partial charge in [-0.05, 0) is 36.2 Å². The van der Waals surface area contributed by atoms with Gasteiger partial charge in [0.15, 0.2) is 0 Å². The first-order chi connectivity index (χ1) is 12.2. The number of halogens is 3. The van der Waals surface area contributed by atoms with Gasteiger partial charge in [0.1, 0.15) is 5.75 Å². The molecule has 0 amide bonds. The quantitative estimate of drug-likeness (QED) is 0.399. The van der Waals surface area contributed by atoms with Gasteiger partial charge in [0.2, 0.25) is 0 Å². The van der Waals surface area contributed by atoms with Crippen LogP contribution in [0.25, 0.3) is 21.3 Å². The molecule has 146 valence electrons. The highest BCUT2D eigenvalue weighted by Gasteiger charge is 2.31. The molecule has 0 aliphatic carbocycles. The average molecular weight is 414 g/mol. The van der Waals surface area contributed by atoms with Crippen molar-refractivity contribution in [2.24, 2.45) is 0 Å². The van der Waals surface area contributed by atoms with E-state index < -0.39 is 6.36 Å². The molecular weight excluding hydrogens is 391 g/mol. The second-order valence-electron chi connectivity index (χ2n) is 6.43. The predicted molar refractivity (Wildman–Crippen MR) is 109 cm³/mol. The van der Waals surface area contributed by atoms with Gasteiger partial charge < -0.3 is 4.74 Å². The van der Waals surface area contributed by atoms with E-state index in [1.165, 1.54) is 23.5 Å². The fraction of sp³-hybridized carbons (Fsp3) is 0.350. The van der Waals surface area contributed by atoms with Crippen molar-refractivity contribution in [3.63, 3.8) is 0 Å². The van der Waals surface area contributed by atoms with E-state index in [0.717, 1.165) is 32.7 Å². The number of rotatable bonds is 5. The minimum absolute atomic E-state index is 0. The minimum Gasteiger partial charge on any atom is -0.406 e. The summed E-state index contributed by atoms with van der Waals surface area (Å²) in [5, 5.41) is 0. The molecule has 0 saturated heterocycles. The summed E-state index contributed by atoms with van der Waals surface area (Å²) in [5.74, 6) is -0.221. The molecule has 2 aromatic carbocycles. The first-order valence-corrected chi connectivity index (χ1v) is 9.79. The van der Waals surface area contributed by atoms with Crippen LogP contribution < -0.4 is 4.74 Å². The maximum atomic E-state index is 12.4. The second-order valence-corrected chi connectivity index (χ2v) is 9.03. The lowest BCUT2D eigenvalue weighted by molar-refractivity contribution is -0.274. The van der Waals surface area contributed by atoms with E-state index in [-0.39, 0.29) is 17.9 Å². The fourth-order valence-electron chi connectivity index (χ4n) is 2.46. The van der Waals surface area contributed by atoms with Gasteiger partial charge in [-0.1, -0.05) is 40.3 Å². The Labute approximate surface area is 165 Å². The zero-order chi connectivity index (χ0) is 18.9. The highest BCUT2D eigenvalue weighted by atomic mass is 32.2. The monoisotopic (exact) mass is 413 g/mol. The van der Waals surface area contributed by atoms with Crippen LogP contribution in [0, 0.1) is 0 Å². The molecule has 3 aromatic rings. The third kappa shape index (κ3) is 5.17. The van der Waals surface area contributed by atoms with Crippen LogP contribution >= 0.6 is 23.1 Å². The molecule has 0 aliphatic rings. The van der Waals surface area contributed by atoms with Crippen LogP contribution in [0.15, 0.2) is 46.8 Å². The Hall–Kier alpha value is -1.73. The van der Waals surface area contributed by atoms with E-state index in [2.05, 4.69) is 30.5 Å². The number of benzene rings is 2. The molecule has 0 unspecified atom stereocenters. The van der Waals surface area contributed by atoms with E-state index in [9.17, 15) is 13.2 Å². The van der Waals surface area contributed by atoms with Crippen LogP contribution in [0.3, 0.4) is 0 Å². The van der Waals surface area contributed by atoms with Gasteiger partial charge in [0, 0.05) is 15.2 Å². The lowest BCUT2D eigenvalue weighted by Crippen LogP contribution is -2.16. The highest BCUT2D eigenvalue weighted by molar-refractivity contribution is 8.00. The van der Waals surface area contributed by atoms with E-state index in [0.29, 0.717) is 0 Å². The summed E-state index contributed by atoms with van der Waals surface area (Å²) in [7, 11) is 0. The number of nitrogens with zero attached hydrogens (tertiary/aromatic N) is 1. The Morgan fingerprint density at radius 2 is 1.74 bits per heavy atom. The molecule has 0 fully saturated rings. The average Bonchev–Trinajstić information content (AvgIpc) is 3.02. The van der Waals surface area contributed by atoms with Crippen molar-refractivity contribution in [1.29, 1.82) is 0 Å². The van der Waals surface area contributed by atoms with Gasteiger partial charge in [-0.3, -0.25) is 0 Å². The lowest BCUT2D eigenvalue weighted by Gasteiger charge is -2.24. The normalized spacial score (nSPS) is 12.1. The van der Waals surface area contributed by atoms with Crippen LogP contribution in [-0.2, 0) is 0 Å². The number of thiazole rings is 1. The van der Waals surface area contributed by atoms with Gasteiger partial charge in [-0.2, -0.15) is 0 Å². The molecule has 2 nitrogen and oxygen atoms in total. The van der Waals surface area contributed by atoms with Gasteiger partial charge in [-0.25, -0.2) is 4.98 Å². The van der Waals surface area contributed by atoms with Crippen molar-refractivity contribution < 1.29 is 17.9 Å². The van der Waals surface area contributed by atoms with Crippen molar-refractivity contribution in [3.05, 3.63) is 41.9 Å². The Morgan fingerprint density at radius 3 is 2.33 bits per heavy atom. The maximum Gasteiger partial charge on any atom is 0.573 e. The van der Waals surface area contributed by atoms with Crippen LogP contribution in [0.2, 0.25) is 0 Å². The minimum atomic E-state index is -4.69. The standard InChI is InChI=1S/C19H18F3NOS2.CH4/c1-4-18(2,3)26-15-10-9-14-17(25-11-23-14)16(15)12-5-7-13(8-6-12)24-19(20,21)22;/h5-11H,4H2,1-3H3;1H4. The smallest absolute Gasteiger partial charge is 0.406 e. The highest BCUT2D eigenvalue weighted by Crippen LogP contribution is 2.44. The summed E-state index contributed by atoms with van der Waals surface area (Å²) in [4.78, 5) is 5.46. The fourth-order valence-corrected chi connectivity index (χ4v) is 4.58. The molecule has 0 saturated carbocycles. The molecule has 0 aliphatic heterocycles. The zero-order valence-electron chi connectivity index (χ0n) is 14.6. The Morgan fingerprint density at radius 1 is 1.07 bits per heavy atom. The molecule has 0 radical (unpaired) electrons. The SMILES string of the molecule is C.CCC(C)(C)Sc1ccc2ncsc2c1-c1ccc(OC(F)(F)F)cc1. The molecule has 0 spiro atoms. The molecule has 0 bridgehead atoms. The number of fused-ring (bicyclic) bond motifs is 1. The van der Waals surface area contributed by atoms with Crippen molar-refractivity contribution in [2.45, 2.75) is 50.6 Å². The molecular formula is C20H22F3NOS2. The Bertz CT molecular complexity index is 902. The number of alkyl halides is 3. The molecule has 1 heterocycles.